The van der Waals surface area contributed by atoms with Gasteiger partial charge >= 0.3 is 0 Å². The minimum atomic E-state index is -0.124. The van der Waals surface area contributed by atoms with Gasteiger partial charge in [0.1, 0.15) is 16.4 Å². The predicted molar refractivity (Wildman–Crippen MR) is 68.0 cm³/mol. The van der Waals surface area contributed by atoms with Gasteiger partial charge in [-0.05, 0) is 22.4 Å². The third kappa shape index (κ3) is 2.49. The normalized spacial score (nSPS) is 21.0. The molecule has 0 bridgehead atoms. The van der Waals surface area contributed by atoms with Gasteiger partial charge in [-0.3, -0.25) is 4.79 Å². The van der Waals surface area contributed by atoms with Gasteiger partial charge in [0, 0.05) is 11.5 Å². The number of hydrogen-bond acceptors (Lipinski definition) is 4. The highest BCUT2D eigenvalue weighted by Gasteiger charge is 2.20. The first-order valence-corrected chi connectivity index (χ1v) is 7.15. The number of rotatable bonds is 2. The van der Waals surface area contributed by atoms with Crippen LogP contribution in [-0.2, 0) is 11.2 Å². The molecule has 1 atom stereocenters. The summed E-state index contributed by atoms with van der Waals surface area (Å²) in [6.07, 6.45) is 0.655. The fraction of sp³-hybridized carbons (Fsp3) is 0.600. The number of aromatic nitrogens is 2. The van der Waals surface area contributed by atoms with Crippen molar-refractivity contribution in [3.05, 3.63) is 26.3 Å². The minimum Gasteiger partial charge on any atom is -0.369 e. The van der Waals surface area contributed by atoms with Crippen molar-refractivity contribution in [1.82, 2.24) is 9.97 Å². The maximum Gasteiger partial charge on any atom is 0.265 e. The van der Waals surface area contributed by atoms with Crippen molar-refractivity contribution in [3.8, 4) is 0 Å². The van der Waals surface area contributed by atoms with Crippen molar-refractivity contribution >= 4 is 27.7 Å². The first-order valence-electron chi connectivity index (χ1n) is 5.20. The Hall–Kier alpha value is -0.330. The molecule has 6 heteroatoms. The monoisotopic (exact) mass is 304 g/mol. The Morgan fingerprint density at radius 1 is 1.69 bits per heavy atom. The highest BCUT2D eigenvalue weighted by Crippen LogP contribution is 2.24. The van der Waals surface area contributed by atoms with E-state index in [0.717, 1.165) is 30.2 Å². The number of hydrogen-bond donors (Lipinski definition) is 1. The molecule has 1 unspecified atom stereocenters. The van der Waals surface area contributed by atoms with Gasteiger partial charge in [0.05, 0.1) is 12.3 Å². The van der Waals surface area contributed by atoms with E-state index >= 15 is 0 Å². The molecule has 0 radical (unpaired) electrons. The molecule has 1 aliphatic heterocycles. The Balaban J connectivity index is 2.33. The molecule has 1 saturated heterocycles. The Bertz CT molecular complexity index is 429. The van der Waals surface area contributed by atoms with Gasteiger partial charge in [0.15, 0.2) is 0 Å². The molecule has 1 aromatic heterocycles. The van der Waals surface area contributed by atoms with Gasteiger partial charge in [0.25, 0.3) is 5.56 Å². The van der Waals surface area contributed by atoms with Crippen molar-refractivity contribution in [2.45, 2.75) is 19.4 Å². The summed E-state index contributed by atoms with van der Waals surface area (Å²) in [5, 5.41) is 0. The van der Waals surface area contributed by atoms with Crippen molar-refractivity contribution in [2.24, 2.45) is 0 Å². The van der Waals surface area contributed by atoms with E-state index in [4.69, 9.17) is 4.74 Å². The van der Waals surface area contributed by atoms with Gasteiger partial charge in [0.2, 0.25) is 0 Å². The zero-order chi connectivity index (χ0) is 11.5. The molecule has 2 heterocycles. The molecule has 88 valence electrons. The number of nitrogens with zero attached hydrogens (tertiary/aromatic N) is 1. The Kier molecular flexibility index (Phi) is 4.05. The summed E-state index contributed by atoms with van der Waals surface area (Å²) in [5.41, 5.74) is 0.666. The number of nitrogens with one attached hydrogen (secondary N) is 1. The Morgan fingerprint density at radius 2 is 2.50 bits per heavy atom. The van der Waals surface area contributed by atoms with E-state index in [-0.39, 0.29) is 11.7 Å². The number of ether oxygens (including phenoxy) is 1. The molecular formula is C10H13BrN2O2S. The van der Waals surface area contributed by atoms with Crippen LogP contribution in [0.5, 0.6) is 0 Å². The maximum absolute atomic E-state index is 11.7. The van der Waals surface area contributed by atoms with E-state index in [1.807, 2.05) is 18.7 Å². The Labute approximate surface area is 106 Å². The summed E-state index contributed by atoms with van der Waals surface area (Å²) in [5.74, 6) is 2.52. The molecule has 4 nitrogen and oxygen atoms in total. The van der Waals surface area contributed by atoms with Crippen LogP contribution >= 0.6 is 27.7 Å². The van der Waals surface area contributed by atoms with Gasteiger partial charge in [-0.2, -0.15) is 11.8 Å². The van der Waals surface area contributed by atoms with E-state index in [0.29, 0.717) is 10.3 Å². The second kappa shape index (κ2) is 5.33. The molecule has 1 aromatic rings. The third-order valence-corrected chi connectivity index (χ3v) is 4.22. The maximum atomic E-state index is 11.7. The summed E-state index contributed by atoms with van der Waals surface area (Å²) >= 11 is 5.07. The number of aryl methyl sites for hydroxylation is 1. The largest absolute Gasteiger partial charge is 0.369 e. The molecule has 0 aliphatic carbocycles. The molecule has 0 amide bonds. The highest BCUT2D eigenvalue weighted by atomic mass is 79.9. The first-order chi connectivity index (χ1) is 7.72. The molecule has 1 N–H and O–H groups in total. The van der Waals surface area contributed by atoms with Crippen molar-refractivity contribution in [1.29, 1.82) is 0 Å². The molecule has 0 saturated carbocycles. The average molecular weight is 305 g/mol. The van der Waals surface area contributed by atoms with E-state index in [1.165, 1.54) is 0 Å². The van der Waals surface area contributed by atoms with Crippen LogP contribution in [0.1, 0.15) is 24.5 Å². The standard InChI is InChI=1S/C10H13BrN2O2S/c1-2-6-8(11)10(14)13-9(12-6)7-5-16-4-3-15-7/h7H,2-5H2,1H3,(H,12,13,14). The first kappa shape index (κ1) is 12.1. The quantitative estimate of drug-likeness (QED) is 0.907. The SMILES string of the molecule is CCc1nc(C2CSCCO2)[nH]c(=O)c1Br. The van der Waals surface area contributed by atoms with Crippen molar-refractivity contribution in [3.63, 3.8) is 0 Å². The fourth-order valence-electron chi connectivity index (χ4n) is 1.56. The number of thioether (sulfide) groups is 1. The minimum absolute atomic E-state index is 0.0788. The van der Waals surface area contributed by atoms with Crippen LogP contribution in [0.15, 0.2) is 9.27 Å². The number of H-pyrrole nitrogens is 1. The van der Waals surface area contributed by atoms with Crippen LogP contribution in [0.2, 0.25) is 0 Å². The lowest BCUT2D eigenvalue weighted by Gasteiger charge is -2.21. The lowest BCUT2D eigenvalue weighted by molar-refractivity contribution is 0.0690. The summed E-state index contributed by atoms with van der Waals surface area (Å²) in [6, 6.07) is 0. The van der Waals surface area contributed by atoms with Crippen LogP contribution in [-0.4, -0.2) is 28.1 Å². The Morgan fingerprint density at radius 3 is 3.12 bits per heavy atom. The fourth-order valence-corrected chi connectivity index (χ4v) is 2.87. The van der Waals surface area contributed by atoms with Crippen molar-refractivity contribution < 1.29 is 4.74 Å². The molecule has 2 rings (SSSR count). The van der Waals surface area contributed by atoms with Crippen LogP contribution in [0.3, 0.4) is 0 Å². The van der Waals surface area contributed by atoms with Crippen LogP contribution in [0.25, 0.3) is 0 Å². The molecule has 0 spiro atoms. The second-order valence-corrected chi connectivity index (χ2v) is 5.44. The van der Waals surface area contributed by atoms with Gasteiger partial charge in [-0.1, -0.05) is 6.92 Å². The zero-order valence-corrected chi connectivity index (χ0v) is 11.4. The summed E-state index contributed by atoms with van der Waals surface area (Å²) in [4.78, 5) is 18.9. The second-order valence-electron chi connectivity index (χ2n) is 3.50. The highest BCUT2D eigenvalue weighted by molar-refractivity contribution is 9.10. The molecule has 1 fully saturated rings. The zero-order valence-electron chi connectivity index (χ0n) is 8.96. The van der Waals surface area contributed by atoms with E-state index < -0.39 is 0 Å². The van der Waals surface area contributed by atoms with Crippen molar-refractivity contribution in [2.75, 3.05) is 18.1 Å². The van der Waals surface area contributed by atoms with Gasteiger partial charge < -0.3 is 9.72 Å². The summed E-state index contributed by atoms with van der Waals surface area (Å²) < 4.78 is 6.12. The molecular weight excluding hydrogens is 292 g/mol. The predicted octanol–water partition coefficient (Wildman–Crippen LogP) is 1.90. The van der Waals surface area contributed by atoms with Crippen LogP contribution in [0, 0.1) is 0 Å². The van der Waals surface area contributed by atoms with E-state index in [2.05, 4.69) is 25.9 Å². The number of halogens is 1. The molecule has 0 aromatic carbocycles. The molecule has 1 aliphatic rings. The summed E-state index contributed by atoms with van der Waals surface area (Å²) in [6.45, 7) is 2.70. The third-order valence-electron chi connectivity index (χ3n) is 2.41. The van der Waals surface area contributed by atoms with Gasteiger partial charge in [-0.15, -0.1) is 0 Å². The topological polar surface area (TPSA) is 55.0 Å². The van der Waals surface area contributed by atoms with E-state index in [1.54, 1.807) is 0 Å². The smallest absolute Gasteiger partial charge is 0.265 e. The van der Waals surface area contributed by atoms with Crippen LogP contribution in [0.4, 0.5) is 0 Å². The lowest BCUT2D eigenvalue weighted by Crippen LogP contribution is -2.23. The average Bonchev–Trinajstić information content (AvgIpc) is 2.33. The number of aromatic amines is 1. The van der Waals surface area contributed by atoms with E-state index in [9.17, 15) is 4.79 Å². The lowest BCUT2D eigenvalue weighted by atomic mass is 10.3. The van der Waals surface area contributed by atoms with Gasteiger partial charge in [-0.25, -0.2) is 4.98 Å². The summed E-state index contributed by atoms with van der Waals surface area (Å²) in [7, 11) is 0. The molecule has 16 heavy (non-hydrogen) atoms. The van der Waals surface area contributed by atoms with Crippen LogP contribution < -0.4 is 5.56 Å².